The summed E-state index contributed by atoms with van der Waals surface area (Å²) in [6, 6.07) is 9.73. The van der Waals surface area contributed by atoms with Gasteiger partial charge in [-0.1, -0.05) is 35.5 Å². The van der Waals surface area contributed by atoms with E-state index in [0.29, 0.717) is 17.7 Å². The summed E-state index contributed by atoms with van der Waals surface area (Å²) in [5.41, 5.74) is 2.34. The minimum Gasteiger partial charge on any atom is -0.475 e. The number of carbonyl (C=O) groups is 1. The van der Waals surface area contributed by atoms with Gasteiger partial charge >= 0.3 is 5.97 Å². The number of aromatic carboxylic acids is 1. The lowest BCUT2D eigenvalue weighted by atomic mass is 10.1. The number of hydrogen-bond acceptors (Lipinski definition) is 3. The van der Waals surface area contributed by atoms with Crippen LogP contribution in [0.4, 0.5) is 0 Å². The maximum atomic E-state index is 10.8. The minimum atomic E-state index is -1.08. The summed E-state index contributed by atoms with van der Waals surface area (Å²) in [4.78, 5) is 10.8. The van der Waals surface area contributed by atoms with Crippen LogP contribution < -0.4 is 0 Å². The first-order valence-corrected chi connectivity index (χ1v) is 4.91. The van der Waals surface area contributed by atoms with Crippen molar-refractivity contribution in [3.8, 4) is 0 Å². The molecule has 1 heterocycles. The number of benzene rings is 1. The molecule has 0 saturated heterocycles. The van der Waals surface area contributed by atoms with E-state index in [1.165, 1.54) is 0 Å². The van der Waals surface area contributed by atoms with E-state index >= 15 is 0 Å². The summed E-state index contributed by atoms with van der Waals surface area (Å²) in [7, 11) is 0. The molecule has 0 aliphatic carbocycles. The summed E-state index contributed by atoms with van der Waals surface area (Å²) in [5, 5.41) is 12.6. The molecular weight excluding hydrogens is 206 g/mol. The summed E-state index contributed by atoms with van der Waals surface area (Å²) in [6.45, 7) is 1.71. The lowest BCUT2D eigenvalue weighted by molar-refractivity contribution is 0.0651. The van der Waals surface area contributed by atoms with Crippen molar-refractivity contribution in [1.82, 2.24) is 5.16 Å². The summed E-state index contributed by atoms with van der Waals surface area (Å²) < 4.78 is 4.78. The predicted molar refractivity (Wildman–Crippen MR) is 57.4 cm³/mol. The van der Waals surface area contributed by atoms with Crippen LogP contribution in [-0.4, -0.2) is 16.2 Å². The van der Waals surface area contributed by atoms with Gasteiger partial charge in [-0.05, 0) is 12.5 Å². The maximum absolute atomic E-state index is 10.8. The van der Waals surface area contributed by atoms with Crippen LogP contribution in [0.3, 0.4) is 0 Å². The smallest absolute Gasteiger partial charge is 0.375 e. The first-order chi connectivity index (χ1) is 7.68. The molecule has 16 heavy (non-hydrogen) atoms. The van der Waals surface area contributed by atoms with Gasteiger partial charge in [-0.2, -0.15) is 0 Å². The highest BCUT2D eigenvalue weighted by Gasteiger charge is 2.17. The number of nitrogens with zero attached hydrogens (tertiary/aromatic N) is 1. The van der Waals surface area contributed by atoms with Crippen LogP contribution >= 0.6 is 0 Å². The van der Waals surface area contributed by atoms with Crippen molar-refractivity contribution in [1.29, 1.82) is 0 Å². The second-order valence-corrected chi connectivity index (χ2v) is 3.55. The van der Waals surface area contributed by atoms with E-state index in [1.54, 1.807) is 6.92 Å². The fraction of sp³-hybridized carbons (Fsp3) is 0.167. The van der Waals surface area contributed by atoms with Gasteiger partial charge < -0.3 is 9.63 Å². The van der Waals surface area contributed by atoms with Crippen LogP contribution in [0.25, 0.3) is 0 Å². The highest BCUT2D eigenvalue weighted by Crippen LogP contribution is 2.16. The fourth-order valence-electron chi connectivity index (χ4n) is 1.52. The number of hydrogen-bond donors (Lipinski definition) is 1. The van der Waals surface area contributed by atoms with Crippen LogP contribution in [0, 0.1) is 6.92 Å². The Morgan fingerprint density at radius 2 is 2.06 bits per heavy atom. The molecule has 2 aromatic rings. The van der Waals surface area contributed by atoms with Crippen LogP contribution in [0.1, 0.15) is 27.4 Å². The number of aromatic nitrogens is 1. The summed E-state index contributed by atoms with van der Waals surface area (Å²) >= 11 is 0. The van der Waals surface area contributed by atoms with Gasteiger partial charge in [-0.3, -0.25) is 0 Å². The zero-order valence-corrected chi connectivity index (χ0v) is 8.80. The van der Waals surface area contributed by atoms with Gasteiger partial charge in [0, 0.05) is 12.0 Å². The zero-order chi connectivity index (χ0) is 11.5. The Bertz CT molecular complexity index is 502. The van der Waals surface area contributed by atoms with Crippen molar-refractivity contribution in [3.63, 3.8) is 0 Å². The van der Waals surface area contributed by atoms with Gasteiger partial charge in [0.15, 0.2) is 0 Å². The Balaban J connectivity index is 2.26. The second-order valence-electron chi connectivity index (χ2n) is 3.55. The van der Waals surface area contributed by atoms with Crippen molar-refractivity contribution in [2.24, 2.45) is 0 Å². The van der Waals surface area contributed by atoms with E-state index in [9.17, 15) is 4.79 Å². The molecule has 4 nitrogen and oxygen atoms in total. The third-order valence-electron chi connectivity index (χ3n) is 2.43. The average molecular weight is 217 g/mol. The molecule has 0 aliphatic rings. The predicted octanol–water partition coefficient (Wildman–Crippen LogP) is 2.27. The normalized spacial score (nSPS) is 10.3. The molecule has 0 aliphatic heterocycles. The van der Waals surface area contributed by atoms with E-state index in [2.05, 4.69) is 5.16 Å². The van der Waals surface area contributed by atoms with Crippen LogP contribution in [0.5, 0.6) is 0 Å². The van der Waals surface area contributed by atoms with E-state index in [0.717, 1.165) is 5.56 Å². The van der Waals surface area contributed by atoms with Crippen LogP contribution in [0.15, 0.2) is 34.9 Å². The highest BCUT2D eigenvalue weighted by atomic mass is 16.5. The molecular formula is C12H11NO3. The van der Waals surface area contributed by atoms with Crippen molar-refractivity contribution in [2.45, 2.75) is 13.3 Å². The highest BCUT2D eigenvalue weighted by molar-refractivity contribution is 5.86. The minimum absolute atomic E-state index is 0.0778. The van der Waals surface area contributed by atoms with Gasteiger partial charge in [0.2, 0.25) is 5.76 Å². The Morgan fingerprint density at radius 3 is 2.62 bits per heavy atom. The average Bonchev–Trinajstić information content (AvgIpc) is 2.62. The molecule has 0 atom stereocenters. The van der Waals surface area contributed by atoms with Crippen LogP contribution in [-0.2, 0) is 6.42 Å². The molecule has 0 amide bonds. The molecule has 0 fully saturated rings. The molecule has 2 rings (SSSR count). The maximum Gasteiger partial charge on any atom is 0.375 e. The monoisotopic (exact) mass is 217 g/mol. The molecule has 0 bridgehead atoms. The molecule has 4 heteroatoms. The topological polar surface area (TPSA) is 63.3 Å². The Hall–Kier alpha value is -2.10. The van der Waals surface area contributed by atoms with Gasteiger partial charge in [0.1, 0.15) is 0 Å². The molecule has 0 saturated carbocycles. The van der Waals surface area contributed by atoms with Crippen molar-refractivity contribution < 1.29 is 14.4 Å². The second kappa shape index (κ2) is 4.18. The number of rotatable bonds is 3. The van der Waals surface area contributed by atoms with E-state index in [-0.39, 0.29) is 5.76 Å². The lowest BCUT2D eigenvalue weighted by Gasteiger charge is -1.97. The number of carboxylic acids is 1. The molecule has 1 aromatic heterocycles. The van der Waals surface area contributed by atoms with E-state index < -0.39 is 5.97 Å². The molecule has 0 radical (unpaired) electrons. The SMILES string of the molecule is Cc1c(Cc2ccccc2)noc1C(=O)O. The standard InChI is InChI=1S/C12H11NO3/c1-8-10(13-16-11(8)12(14)15)7-9-5-3-2-4-6-9/h2-6H,7H2,1H3,(H,14,15). The third-order valence-corrected chi connectivity index (χ3v) is 2.43. The first-order valence-electron chi connectivity index (χ1n) is 4.91. The zero-order valence-electron chi connectivity index (χ0n) is 8.80. The summed E-state index contributed by atoms with van der Waals surface area (Å²) in [6.07, 6.45) is 0.587. The first kappa shape index (κ1) is 10.4. The quantitative estimate of drug-likeness (QED) is 0.856. The largest absolute Gasteiger partial charge is 0.475 e. The number of carboxylic acid groups (broad SMARTS) is 1. The summed E-state index contributed by atoms with van der Waals surface area (Å²) in [5.74, 6) is -1.16. The van der Waals surface area contributed by atoms with E-state index in [1.807, 2.05) is 30.3 Å². The molecule has 82 valence electrons. The third kappa shape index (κ3) is 1.95. The molecule has 1 aromatic carbocycles. The van der Waals surface area contributed by atoms with Crippen molar-refractivity contribution in [3.05, 3.63) is 52.9 Å². The van der Waals surface area contributed by atoms with Gasteiger partial charge in [-0.15, -0.1) is 0 Å². The van der Waals surface area contributed by atoms with Crippen molar-refractivity contribution >= 4 is 5.97 Å². The Morgan fingerprint density at radius 1 is 1.38 bits per heavy atom. The Labute approximate surface area is 92.5 Å². The van der Waals surface area contributed by atoms with Gasteiger partial charge in [0.05, 0.1) is 5.69 Å². The van der Waals surface area contributed by atoms with E-state index in [4.69, 9.17) is 9.63 Å². The van der Waals surface area contributed by atoms with Gasteiger partial charge in [0.25, 0.3) is 0 Å². The lowest BCUT2D eigenvalue weighted by Crippen LogP contribution is -1.97. The molecule has 0 spiro atoms. The fourth-order valence-corrected chi connectivity index (χ4v) is 1.52. The molecule has 0 unspecified atom stereocenters. The van der Waals surface area contributed by atoms with Crippen molar-refractivity contribution in [2.75, 3.05) is 0 Å². The van der Waals surface area contributed by atoms with Crippen LogP contribution in [0.2, 0.25) is 0 Å². The Kier molecular flexibility index (Phi) is 2.72. The molecule has 1 N–H and O–H groups in total. The van der Waals surface area contributed by atoms with Gasteiger partial charge in [-0.25, -0.2) is 4.79 Å².